The number of hydrogen-bond acceptors (Lipinski definition) is 3. The minimum absolute atomic E-state index is 0.294. The van der Waals surface area contributed by atoms with Gasteiger partial charge in [-0.2, -0.15) is 0 Å². The summed E-state index contributed by atoms with van der Waals surface area (Å²) in [7, 11) is 0. The smallest absolute Gasteiger partial charge is 0.322 e. The summed E-state index contributed by atoms with van der Waals surface area (Å²) in [6.45, 7) is 1.02. The highest BCUT2D eigenvalue weighted by Crippen LogP contribution is 2.14. The summed E-state index contributed by atoms with van der Waals surface area (Å²) in [5.74, 6) is -2.17. The summed E-state index contributed by atoms with van der Waals surface area (Å²) in [4.78, 5) is 33.1. The quantitative estimate of drug-likeness (QED) is 0.737. The summed E-state index contributed by atoms with van der Waals surface area (Å²) in [6, 6.07) is 4.83. The molecular formula is C12H13ClN2O4. The van der Waals surface area contributed by atoms with Crippen molar-refractivity contribution in [1.82, 2.24) is 10.6 Å². The molecule has 1 aromatic rings. The number of benzene rings is 1. The van der Waals surface area contributed by atoms with Gasteiger partial charge in [0, 0.05) is 10.6 Å². The molecule has 0 atom stereocenters. The summed E-state index contributed by atoms with van der Waals surface area (Å²) in [5.41, 5.74) is 1.17. The zero-order valence-corrected chi connectivity index (χ0v) is 11.0. The molecule has 0 spiro atoms. The predicted molar refractivity (Wildman–Crippen MR) is 69.2 cm³/mol. The van der Waals surface area contributed by atoms with Crippen molar-refractivity contribution in [3.63, 3.8) is 0 Å². The number of carbonyl (C=O) groups is 3. The van der Waals surface area contributed by atoms with Crippen LogP contribution in [0.2, 0.25) is 5.02 Å². The fourth-order valence-corrected chi connectivity index (χ4v) is 1.66. The van der Waals surface area contributed by atoms with Gasteiger partial charge in [0.1, 0.15) is 6.54 Å². The Balaban J connectivity index is 2.51. The van der Waals surface area contributed by atoms with Gasteiger partial charge in [0.25, 0.3) is 5.91 Å². The third-order valence-corrected chi connectivity index (χ3v) is 2.37. The van der Waals surface area contributed by atoms with E-state index in [4.69, 9.17) is 16.7 Å². The molecule has 2 amide bonds. The first-order valence-corrected chi connectivity index (χ1v) is 5.80. The second kappa shape index (κ2) is 6.75. The molecule has 0 aliphatic rings. The van der Waals surface area contributed by atoms with Crippen LogP contribution in [0.15, 0.2) is 18.2 Å². The Kier molecular flexibility index (Phi) is 5.32. The van der Waals surface area contributed by atoms with E-state index < -0.39 is 24.3 Å². The van der Waals surface area contributed by atoms with Crippen LogP contribution in [-0.2, 0) is 9.59 Å². The molecular weight excluding hydrogens is 272 g/mol. The second-order valence-corrected chi connectivity index (χ2v) is 4.31. The monoisotopic (exact) mass is 284 g/mol. The lowest BCUT2D eigenvalue weighted by molar-refractivity contribution is -0.137. The highest BCUT2D eigenvalue weighted by molar-refractivity contribution is 6.31. The number of hydrogen-bond donors (Lipinski definition) is 3. The summed E-state index contributed by atoms with van der Waals surface area (Å²) in [6.07, 6.45) is 0. The Bertz CT molecular complexity index is 496. The largest absolute Gasteiger partial charge is 0.480 e. The first-order chi connectivity index (χ1) is 8.88. The fourth-order valence-electron chi connectivity index (χ4n) is 1.37. The van der Waals surface area contributed by atoms with Crippen molar-refractivity contribution in [1.29, 1.82) is 0 Å². The van der Waals surface area contributed by atoms with Gasteiger partial charge in [0.05, 0.1) is 6.54 Å². The van der Waals surface area contributed by atoms with E-state index in [9.17, 15) is 14.4 Å². The molecule has 0 fully saturated rings. The first-order valence-electron chi connectivity index (χ1n) is 5.42. The van der Waals surface area contributed by atoms with Gasteiger partial charge in [0.15, 0.2) is 0 Å². The van der Waals surface area contributed by atoms with Gasteiger partial charge < -0.3 is 15.7 Å². The lowest BCUT2D eigenvalue weighted by Gasteiger charge is -2.06. The van der Waals surface area contributed by atoms with E-state index in [-0.39, 0.29) is 6.54 Å². The third-order valence-electron chi connectivity index (χ3n) is 2.15. The Morgan fingerprint density at radius 1 is 1.16 bits per heavy atom. The summed E-state index contributed by atoms with van der Waals surface area (Å²) in [5, 5.41) is 13.3. The number of rotatable bonds is 5. The van der Waals surface area contributed by atoms with E-state index >= 15 is 0 Å². The van der Waals surface area contributed by atoms with Crippen LogP contribution in [0.25, 0.3) is 0 Å². The Morgan fingerprint density at radius 2 is 1.84 bits per heavy atom. The minimum atomic E-state index is -1.15. The van der Waals surface area contributed by atoms with Gasteiger partial charge >= 0.3 is 5.97 Å². The zero-order chi connectivity index (χ0) is 14.4. The van der Waals surface area contributed by atoms with Gasteiger partial charge in [-0.05, 0) is 30.7 Å². The molecule has 0 saturated carbocycles. The zero-order valence-electron chi connectivity index (χ0n) is 10.2. The number of amides is 2. The fraction of sp³-hybridized carbons (Fsp3) is 0.250. The van der Waals surface area contributed by atoms with Crippen LogP contribution in [-0.4, -0.2) is 36.0 Å². The number of carboxylic acid groups (broad SMARTS) is 1. The molecule has 0 saturated heterocycles. The van der Waals surface area contributed by atoms with Crippen LogP contribution >= 0.6 is 11.6 Å². The van der Waals surface area contributed by atoms with Crippen LogP contribution in [0.1, 0.15) is 15.9 Å². The number of aryl methyl sites for hydroxylation is 1. The molecule has 0 heterocycles. The van der Waals surface area contributed by atoms with Gasteiger partial charge in [-0.25, -0.2) is 0 Å². The lowest BCUT2D eigenvalue weighted by Crippen LogP contribution is -2.39. The second-order valence-electron chi connectivity index (χ2n) is 3.87. The standard InChI is InChI=1S/C12H13ClN2O4/c1-7-2-8(4-9(13)3-7)12(19)15-5-10(16)14-6-11(17)18/h2-4H,5-6H2,1H3,(H,14,16)(H,15,19)(H,17,18). The molecule has 0 aliphatic heterocycles. The van der Waals surface area contributed by atoms with E-state index in [1.165, 1.54) is 6.07 Å². The minimum Gasteiger partial charge on any atom is -0.480 e. The molecule has 1 rings (SSSR count). The Morgan fingerprint density at radius 3 is 2.42 bits per heavy atom. The average molecular weight is 285 g/mol. The highest BCUT2D eigenvalue weighted by atomic mass is 35.5. The highest BCUT2D eigenvalue weighted by Gasteiger charge is 2.09. The van der Waals surface area contributed by atoms with E-state index in [0.29, 0.717) is 10.6 Å². The number of nitrogens with one attached hydrogen (secondary N) is 2. The van der Waals surface area contributed by atoms with Gasteiger partial charge in [-0.3, -0.25) is 14.4 Å². The maximum atomic E-state index is 11.7. The van der Waals surface area contributed by atoms with Gasteiger partial charge in [-0.1, -0.05) is 11.6 Å². The number of carbonyl (C=O) groups excluding carboxylic acids is 2. The normalized spacial score (nSPS) is 9.79. The van der Waals surface area contributed by atoms with Crippen molar-refractivity contribution in [2.75, 3.05) is 13.1 Å². The van der Waals surface area contributed by atoms with Crippen molar-refractivity contribution in [2.24, 2.45) is 0 Å². The van der Waals surface area contributed by atoms with Crippen LogP contribution in [0, 0.1) is 6.92 Å². The average Bonchev–Trinajstić information content (AvgIpc) is 2.32. The summed E-state index contributed by atoms with van der Waals surface area (Å²) >= 11 is 5.82. The maximum Gasteiger partial charge on any atom is 0.322 e. The Hall–Kier alpha value is -2.08. The van der Waals surface area contributed by atoms with Crippen molar-refractivity contribution in [3.8, 4) is 0 Å². The number of aliphatic carboxylic acids is 1. The third kappa shape index (κ3) is 5.39. The SMILES string of the molecule is Cc1cc(Cl)cc(C(=O)NCC(=O)NCC(=O)O)c1. The maximum absolute atomic E-state index is 11.7. The van der Waals surface area contributed by atoms with E-state index in [2.05, 4.69) is 10.6 Å². The molecule has 7 heteroatoms. The molecule has 3 N–H and O–H groups in total. The van der Waals surface area contributed by atoms with Crippen LogP contribution in [0.3, 0.4) is 0 Å². The number of halogens is 1. The van der Waals surface area contributed by atoms with Crippen molar-refractivity contribution in [2.45, 2.75) is 6.92 Å². The molecule has 0 aliphatic carbocycles. The molecule has 102 valence electrons. The molecule has 6 nitrogen and oxygen atoms in total. The van der Waals surface area contributed by atoms with Crippen LogP contribution < -0.4 is 10.6 Å². The topological polar surface area (TPSA) is 95.5 Å². The molecule has 1 aromatic carbocycles. The predicted octanol–water partition coefficient (Wildman–Crippen LogP) is 0.579. The van der Waals surface area contributed by atoms with Crippen molar-refractivity contribution < 1.29 is 19.5 Å². The molecule has 0 radical (unpaired) electrons. The van der Waals surface area contributed by atoms with Crippen LogP contribution in [0.4, 0.5) is 0 Å². The van der Waals surface area contributed by atoms with Crippen molar-refractivity contribution >= 4 is 29.4 Å². The van der Waals surface area contributed by atoms with E-state index in [1.807, 2.05) is 0 Å². The summed E-state index contributed by atoms with van der Waals surface area (Å²) < 4.78 is 0. The van der Waals surface area contributed by atoms with Crippen molar-refractivity contribution in [3.05, 3.63) is 34.3 Å². The number of carboxylic acids is 1. The molecule has 0 aromatic heterocycles. The molecule has 0 unspecified atom stereocenters. The van der Waals surface area contributed by atoms with Gasteiger partial charge in [0.2, 0.25) is 5.91 Å². The first kappa shape index (κ1) is 15.0. The van der Waals surface area contributed by atoms with Gasteiger partial charge in [-0.15, -0.1) is 0 Å². The van der Waals surface area contributed by atoms with Crippen LogP contribution in [0.5, 0.6) is 0 Å². The molecule has 19 heavy (non-hydrogen) atoms. The van der Waals surface area contributed by atoms with E-state index in [0.717, 1.165) is 5.56 Å². The lowest BCUT2D eigenvalue weighted by atomic mass is 10.1. The van der Waals surface area contributed by atoms with E-state index in [1.54, 1.807) is 19.1 Å². The Labute approximate surface area is 114 Å². The molecule has 0 bridgehead atoms.